The lowest BCUT2D eigenvalue weighted by Gasteiger charge is -2.14. The smallest absolute Gasteiger partial charge is 0.332 e. The molecule has 0 aromatic heterocycles. The summed E-state index contributed by atoms with van der Waals surface area (Å²) in [5.74, 6) is -0.817. The van der Waals surface area contributed by atoms with Crippen LogP contribution in [0.15, 0.2) is 36.4 Å². The van der Waals surface area contributed by atoms with E-state index in [-0.39, 0.29) is 10.8 Å². The van der Waals surface area contributed by atoms with Gasteiger partial charge in [-0.05, 0) is 67.5 Å². The van der Waals surface area contributed by atoms with Crippen molar-refractivity contribution < 1.29 is 17.6 Å². The first-order chi connectivity index (χ1) is 10.7. The molecule has 2 N–H and O–H groups in total. The molecule has 0 atom stereocenters. The highest BCUT2D eigenvalue weighted by atomic mass is 32.1. The predicted molar refractivity (Wildman–Crippen MR) is 87.2 cm³/mol. The van der Waals surface area contributed by atoms with Crippen LogP contribution in [0, 0.1) is 19.7 Å². The maximum absolute atomic E-state index is 13.7. The highest BCUT2D eigenvalue weighted by Gasteiger charge is 2.31. The Morgan fingerprint density at radius 2 is 1.65 bits per heavy atom. The molecule has 2 aromatic carbocycles. The van der Waals surface area contributed by atoms with Crippen molar-refractivity contribution in [3.05, 3.63) is 58.9 Å². The van der Waals surface area contributed by atoms with Crippen LogP contribution in [-0.2, 0) is 6.18 Å². The van der Waals surface area contributed by atoms with E-state index in [1.807, 2.05) is 26.0 Å². The second kappa shape index (κ2) is 6.54. The molecule has 0 aliphatic heterocycles. The normalized spacial score (nSPS) is 11.2. The number of nitrogens with one attached hydrogen (secondary N) is 2. The number of alkyl halides is 3. The number of rotatable bonds is 2. The summed E-state index contributed by atoms with van der Waals surface area (Å²) in [6, 6.07) is 7.61. The molecule has 0 radical (unpaired) electrons. The van der Waals surface area contributed by atoms with Crippen molar-refractivity contribution in [2.24, 2.45) is 0 Å². The van der Waals surface area contributed by atoms with Crippen molar-refractivity contribution >= 4 is 28.7 Å². The van der Waals surface area contributed by atoms with Crippen LogP contribution in [0.5, 0.6) is 0 Å². The minimum absolute atomic E-state index is 0.00600. The molecule has 2 aromatic rings. The van der Waals surface area contributed by atoms with Crippen molar-refractivity contribution in [2.45, 2.75) is 20.0 Å². The summed E-state index contributed by atoms with van der Waals surface area (Å²) < 4.78 is 51.7. The molecule has 0 spiro atoms. The van der Waals surface area contributed by atoms with Gasteiger partial charge in [0, 0.05) is 5.69 Å². The summed E-state index contributed by atoms with van der Waals surface area (Å²) >= 11 is 5.02. The lowest BCUT2D eigenvalue weighted by molar-refractivity contribution is -0.137. The summed E-state index contributed by atoms with van der Waals surface area (Å²) in [4.78, 5) is 0. The molecule has 0 bridgehead atoms. The van der Waals surface area contributed by atoms with Crippen molar-refractivity contribution in [1.29, 1.82) is 0 Å². The molecule has 122 valence electrons. The maximum Gasteiger partial charge on any atom is 0.416 e. The Bertz CT molecular complexity index is 741. The zero-order valence-electron chi connectivity index (χ0n) is 12.4. The molecule has 0 aliphatic carbocycles. The first-order valence-corrected chi connectivity index (χ1v) is 7.09. The van der Waals surface area contributed by atoms with E-state index in [1.54, 1.807) is 6.07 Å². The molecule has 0 fully saturated rings. The number of hydrogen-bond acceptors (Lipinski definition) is 1. The van der Waals surface area contributed by atoms with Crippen molar-refractivity contribution in [3.63, 3.8) is 0 Å². The third kappa shape index (κ3) is 4.41. The van der Waals surface area contributed by atoms with Gasteiger partial charge < -0.3 is 10.6 Å². The zero-order valence-corrected chi connectivity index (χ0v) is 13.2. The first kappa shape index (κ1) is 17.2. The van der Waals surface area contributed by atoms with E-state index >= 15 is 0 Å². The molecule has 0 saturated heterocycles. The topological polar surface area (TPSA) is 24.1 Å². The average Bonchev–Trinajstić information content (AvgIpc) is 2.44. The van der Waals surface area contributed by atoms with Gasteiger partial charge in [0.05, 0.1) is 11.3 Å². The molecule has 0 heterocycles. The summed E-state index contributed by atoms with van der Waals surface area (Å²) in [5.41, 5.74) is 1.51. The van der Waals surface area contributed by atoms with Crippen LogP contribution < -0.4 is 10.6 Å². The van der Waals surface area contributed by atoms with Crippen molar-refractivity contribution in [1.82, 2.24) is 0 Å². The van der Waals surface area contributed by atoms with E-state index in [2.05, 4.69) is 10.6 Å². The Morgan fingerprint density at radius 3 is 2.26 bits per heavy atom. The van der Waals surface area contributed by atoms with E-state index in [4.69, 9.17) is 12.2 Å². The number of anilines is 2. The summed E-state index contributed by atoms with van der Waals surface area (Å²) in [7, 11) is 0. The molecule has 0 unspecified atom stereocenters. The third-order valence-electron chi connectivity index (χ3n) is 3.31. The van der Waals surface area contributed by atoms with E-state index < -0.39 is 17.6 Å². The van der Waals surface area contributed by atoms with Crippen LogP contribution in [0.1, 0.15) is 16.7 Å². The second-order valence-corrected chi connectivity index (χ2v) is 5.48. The van der Waals surface area contributed by atoms with Gasteiger partial charge in [0.15, 0.2) is 5.11 Å². The molecule has 2 nitrogen and oxygen atoms in total. The van der Waals surface area contributed by atoms with Gasteiger partial charge in [-0.2, -0.15) is 13.2 Å². The summed E-state index contributed by atoms with van der Waals surface area (Å²) in [6.07, 6.45) is -4.55. The lowest BCUT2D eigenvalue weighted by atomic mass is 10.1. The van der Waals surface area contributed by atoms with Gasteiger partial charge in [-0.25, -0.2) is 4.39 Å². The number of halogens is 4. The minimum Gasteiger partial charge on any atom is -0.332 e. The second-order valence-electron chi connectivity index (χ2n) is 5.07. The van der Waals surface area contributed by atoms with Gasteiger partial charge >= 0.3 is 6.18 Å². The molecule has 0 amide bonds. The van der Waals surface area contributed by atoms with Gasteiger partial charge in [-0.15, -0.1) is 0 Å². The molecule has 7 heteroatoms. The zero-order chi connectivity index (χ0) is 17.2. The minimum atomic E-state index is -4.55. The molecule has 23 heavy (non-hydrogen) atoms. The van der Waals surface area contributed by atoms with Gasteiger partial charge in [-0.1, -0.05) is 6.07 Å². The standard InChI is InChI=1S/C16H14F4N2S/c1-9-3-5-12(7-10(9)2)21-15(23)22-14-8-11(16(18,19)20)4-6-13(14)17/h3-8H,1-2H3,(H2,21,22,23). The fraction of sp³-hybridized carbons (Fsp3) is 0.188. The molecule has 0 aliphatic rings. The Morgan fingerprint density at radius 1 is 0.957 bits per heavy atom. The van der Waals surface area contributed by atoms with Crippen LogP contribution in [0.3, 0.4) is 0 Å². The molecule has 2 rings (SSSR count). The van der Waals surface area contributed by atoms with Gasteiger partial charge in [0.2, 0.25) is 0 Å². The van der Waals surface area contributed by atoms with Crippen LogP contribution in [0.25, 0.3) is 0 Å². The SMILES string of the molecule is Cc1ccc(NC(=S)Nc2cc(C(F)(F)F)ccc2F)cc1C. The monoisotopic (exact) mass is 342 g/mol. The quantitative estimate of drug-likeness (QED) is 0.574. The number of benzene rings is 2. The summed E-state index contributed by atoms with van der Waals surface area (Å²) in [6.45, 7) is 3.87. The van der Waals surface area contributed by atoms with Gasteiger partial charge in [-0.3, -0.25) is 0 Å². The number of hydrogen-bond donors (Lipinski definition) is 2. The van der Waals surface area contributed by atoms with Gasteiger partial charge in [0.25, 0.3) is 0 Å². The lowest BCUT2D eigenvalue weighted by Crippen LogP contribution is -2.20. The van der Waals surface area contributed by atoms with E-state index in [0.717, 1.165) is 17.2 Å². The maximum atomic E-state index is 13.7. The van der Waals surface area contributed by atoms with Crippen molar-refractivity contribution in [2.75, 3.05) is 10.6 Å². The summed E-state index contributed by atoms with van der Waals surface area (Å²) in [5, 5.41) is 5.27. The molecule has 0 saturated carbocycles. The third-order valence-corrected chi connectivity index (χ3v) is 3.51. The number of aryl methyl sites for hydroxylation is 2. The number of thiocarbonyl (C=S) groups is 1. The fourth-order valence-corrected chi connectivity index (χ4v) is 2.13. The predicted octanol–water partition coefficient (Wildman–Crippen LogP) is 5.27. The van der Waals surface area contributed by atoms with Crippen LogP contribution in [-0.4, -0.2) is 5.11 Å². The highest BCUT2D eigenvalue weighted by molar-refractivity contribution is 7.80. The first-order valence-electron chi connectivity index (χ1n) is 6.69. The Labute approximate surface area is 136 Å². The van der Waals surface area contributed by atoms with Gasteiger partial charge in [0.1, 0.15) is 5.82 Å². The fourth-order valence-electron chi connectivity index (χ4n) is 1.90. The van der Waals surface area contributed by atoms with Crippen LogP contribution in [0.2, 0.25) is 0 Å². The van der Waals surface area contributed by atoms with E-state index in [9.17, 15) is 17.6 Å². The Kier molecular flexibility index (Phi) is 4.89. The Balaban J connectivity index is 2.15. The van der Waals surface area contributed by atoms with E-state index in [1.165, 1.54) is 0 Å². The van der Waals surface area contributed by atoms with Crippen molar-refractivity contribution in [3.8, 4) is 0 Å². The van der Waals surface area contributed by atoms with E-state index in [0.29, 0.717) is 17.8 Å². The van der Waals surface area contributed by atoms with Crippen LogP contribution in [0.4, 0.5) is 28.9 Å². The largest absolute Gasteiger partial charge is 0.416 e. The average molecular weight is 342 g/mol. The Hall–Kier alpha value is -2.15. The highest BCUT2D eigenvalue weighted by Crippen LogP contribution is 2.31. The molecular weight excluding hydrogens is 328 g/mol. The molecular formula is C16H14F4N2S. The van der Waals surface area contributed by atoms with Crippen LogP contribution >= 0.6 is 12.2 Å².